The number of aromatic nitrogens is 1. The first-order valence-electron chi connectivity index (χ1n) is 8.27. The molecule has 1 heterocycles. The van der Waals surface area contributed by atoms with Crippen LogP contribution in [0, 0.1) is 35.3 Å². The highest BCUT2D eigenvalue weighted by Gasteiger charge is 2.25. The van der Waals surface area contributed by atoms with E-state index in [9.17, 15) is 20.2 Å². The van der Waals surface area contributed by atoms with E-state index in [1.807, 2.05) is 30.6 Å². The number of non-ortho nitro benzene ring substituents is 1. The van der Waals surface area contributed by atoms with Crippen LogP contribution >= 0.6 is 0 Å². The molecule has 1 aliphatic rings. The standard InChI is InChI=1S/C19H18N4O3/c1-12-8-14(9-15(11-20)19(24)21-16-6-7-16)13(2)22(12)17-4-3-5-18(10-17)23(25)26/h3-5,8-10,16H,6-7H2,1-2H3,(H,21,24)/b15-9+. The van der Waals surface area contributed by atoms with Crippen LogP contribution < -0.4 is 5.32 Å². The summed E-state index contributed by atoms with van der Waals surface area (Å²) in [6, 6.07) is 10.3. The van der Waals surface area contributed by atoms with E-state index in [1.54, 1.807) is 18.2 Å². The monoisotopic (exact) mass is 350 g/mol. The van der Waals surface area contributed by atoms with E-state index < -0.39 is 4.92 Å². The van der Waals surface area contributed by atoms with Crippen molar-refractivity contribution in [3.63, 3.8) is 0 Å². The SMILES string of the molecule is Cc1cc(/C=C(\C#N)C(=O)NC2CC2)c(C)n1-c1cccc([N+](=O)[O-])c1. The number of hydrogen-bond acceptors (Lipinski definition) is 4. The van der Waals surface area contributed by atoms with Gasteiger partial charge in [-0.25, -0.2) is 0 Å². The number of nitrogens with zero attached hydrogens (tertiary/aromatic N) is 3. The fraction of sp³-hybridized carbons (Fsp3) is 0.263. The fourth-order valence-electron chi connectivity index (χ4n) is 2.87. The summed E-state index contributed by atoms with van der Waals surface area (Å²) in [5.41, 5.74) is 3.11. The van der Waals surface area contributed by atoms with E-state index in [1.165, 1.54) is 12.1 Å². The van der Waals surface area contributed by atoms with E-state index in [0.29, 0.717) is 5.69 Å². The highest BCUT2D eigenvalue weighted by atomic mass is 16.6. The van der Waals surface area contributed by atoms with Crippen LogP contribution in [0.25, 0.3) is 11.8 Å². The van der Waals surface area contributed by atoms with Crippen LogP contribution in [0.1, 0.15) is 29.8 Å². The van der Waals surface area contributed by atoms with Gasteiger partial charge in [-0.1, -0.05) is 6.07 Å². The van der Waals surface area contributed by atoms with Gasteiger partial charge in [0.05, 0.1) is 10.6 Å². The second-order valence-corrected chi connectivity index (χ2v) is 6.36. The van der Waals surface area contributed by atoms with Crippen LogP contribution in [-0.4, -0.2) is 21.4 Å². The number of carbonyl (C=O) groups is 1. The number of hydrogen-bond donors (Lipinski definition) is 1. The molecule has 0 aliphatic heterocycles. The molecule has 0 atom stereocenters. The van der Waals surface area contributed by atoms with Crippen molar-refractivity contribution in [2.24, 2.45) is 0 Å². The van der Waals surface area contributed by atoms with Crippen LogP contribution in [0.3, 0.4) is 0 Å². The fourth-order valence-corrected chi connectivity index (χ4v) is 2.87. The molecule has 1 fully saturated rings. The lowest BCUT2D eigenvalue weighted by Gasteiger charge is -2.09. The Morgan fingerprint density at radius 2 is 2.12 bits per heavy atom. The normalized spacial score (nSPS) is 14.0. The molecule has 1 aliphatic carbocycles. The van der Waals surface area contributed by atoms with Gasteiger partial charge in [-0.05, 0) is 50.5 Å². The van der Waals surface area contributed by atoms with E-state index >= 15 is 0 Å². The molecule has 7 heteroatoms. The Labute approximate surface area is 150 Å². The number of aryl methyl sites for hydroxylation is 1. The summed E-state index contributed by atoms with van der Waals surface area (Å²) < 4.78 is 1.87. The predicted octanol–water partition coefficient (Wildman–Crippen LogP) is 3.19. The van der Waals surface area contributed by atoms with Crippen LogP contribution in [0.2, 0.25) is 0 Å². The first kappa shape index (κ1) is 17.4. The Hall–Kier alpha value is -3.40. The molecule has 1 aromatic heterocycles. The topological polar surface area (TPSA) is 101 Å². The van der Waals surface area contributed by atoms with Crippen LogP contribution in [0.5, 0.6) is 0 Å². The Morgan fingerprint density at radius 3 is 2.73 bits per heavy atom. The lowest BCUT2D eigenvalue weighted by molar-refractivity contribution is -0.384. The number of nitro benzene ring substituents is 1. The van der Waals surface area contributed by atoms with Crippen LogP contribution in [-0.2, 0) is 4.79 Å². The molecule has 0 spiro atoms. The summed E-state index contributed by atoms with van der Waals surface area (Å²) in [6.45, 7) is 3.73. The van der Waals surface area contributed by atoms with Gasteiger partial charge in [-0.3, -0.25) is 14.9 Å². The van der Waals surface area contributed by atoms with Gasteiger partial charge in [0.15, 0.2) is 0 Å². The minimum atomic E-state index is -0.436. The average Bonchev–Trinajstić information content (AvgIpc) is 3.37. The zero-order valence-electron chi connectivity index (χ0n) is 14.5. The minimum Gasteiger partial charge on any atom is -0.349 e. The summed E-state index contributed by atoms with van der Waals surface area (Å²) >= 11 is 0. The number of amides is 1. The second-order valence-electron chi connectivity index (χ2n) is 6.36. The summed E-state index contributed by atoms with van der Waals surface area (Å²) in [5, 5.41) is 23.1. The number of carbonyl (C=O) groups excluding carboxylic acids is 1. The second kappa shape index (κ2) is 6.84. The summed E-state index contributed by atoms with van der Waals surface area (Å²) in [7, 11) is 0. The summed E-state index contributed by atoms with van der Waals surface area (Å²) in [5.74, 6) is -0.366. The molecule has 1 saturated carbocycles. The maximum Gasteiger partial charge on any atom is 0.271 e. The van der Waals surface area contributed by atoms with E-state index in [4.69, 9.17) is 0 Å². The molecule has 132 valence electrons. The molecular weight excluding hydrogens is 332 g/mol. The Balaban J connectivity index is 1.98. The molecule has 1 N–H and O–H groups in total. The molecule has 2 aromatic rings. The van der Waals surface area contributed by atoms with Gasteiger partial charge in [-0.2, -0.15) is 5.26 Å². The van der Waals surface area contributed by atoms with Gasteiger partial charge >= 0.3 is 0 Å². The van der Waals surface area contributed by atoms with E-state index in [2.05, 4.69) is 5.32 Å². The molecule has 3 rings (SSSR count). The van der Waals surface area contributed by atoms with Crippen molar-refractivity contribution >= 4 is 17.7 Å². The predicted molar refractivity (Wildman–Crippen MR) is 96.7 cm³/mol. The molecule has 0 bridgehead atoms. The van der Waals surface area contributed by atoms with Gasteiger partial charge in [0.25, 0.3) is 11.6 Å². The van der Waals surface area contributed by atoms with Crippen molar-refractivity contribution in [3.05, 3.63) is 63.0 Å². The third-order valence-corrected chi connectivity index (χ3v) is 4.35. The largest absolute Gasteiger partial charge is 0.349 e. The molecule has 1 amide bonds. The average molecular weight is 350 g/mol. The zero-order chi connectivity index (χ0) is 18.8. The van der Waals surface area contributed by atoms with Crippen molar-refractivity contribution in [1.82, 2.24) is 9.88 Å². The lowest BCUT2D eigenvalue weighted by Crippen LogP contribution is -2.26. The summed E-state index contributed by atoms with van der Waals surface area (Å²) in [4.78, 5) is 22.7. The molecule has 0 saturated heterocycles. The highest BCUT2D eigenvalue weighted by molar-refractivity contribution is 6.02. The first-order chi connectivity index (χ1) is 12.4. The number of nitriles is 1. The van der Waals surface area contributed by atoms with Crippen molar-refractivity contribution in [2.45, 2.75) is 32.7 Å². The van der Waals surface area contributed by atoms with Gasteiger partial charge in [-0.15, -0.1) is 0 Å². The smallest absolute Gasteiger partial charge is 0.271 e. The molecule has 0 unspecified atom stereocenters. The number of nitrogens with one attached hydrogen (secondary N) is 1. The quantitative estimate of drug-likeness (QED) is 0.387. The molecule has 26 heavy (non-hydrogen) atoms. The van der Waals surface area contributed by atoms with Crippen molar-refractivity contribution in [2.75, 3.05) is 0 Å². The molecular formula is C19H18N4O3. The van der Waals surface area contributed by atoms with Gasteiger partial charge in [0.2, 0.25) is 0 Å². The summed E-state index contributed by atoms with van der Waals surface area (Å²) in [6.07, 6.45) is 3.46. The third kappa shape index (κ3) is 3.49. The number of nitro groups is 1. The minimum absolute atomic E-state index is 0.00798. The zero-order valence-corrected chi connectivity index (χ0v) is 14.5. The maximum atomic E-state index is 12.1. The van der Waals surface area contributed by atoms with E-state index in [0.717, 1.165) is 29.8 Å². The van der Waals surface area contributed by atoms with Crippen LogP contribution in [0.15, 0.2) is 35.9 Å². The van der Waals surface area contributed by atoms with E-state index in [-0.39, 0.29) is 23.2 Å². The van der Waals surface area contributed by atoms with Crippen molar-refractivity contribution in [3.8, 4) is 11.8 Å². The van der Waals surface area contributed by atoms with Crippen molar-refractivity contribution < 1.29 is 9.72 Å². The molecule has 0 radical (unpaired) electrons. The van der Waals surface area contributed by atoms with Gasteiger partial charge in [0.1, 0.15) is 11.6 Å². The Bertz CT molecular complexity index is 962. The van der Waals surface area contributed by atoms with Gasteiger partial charge < -0.3 is 9.88 Å². The lowest BCUT2D eigenvalue weighted by atomic mass is 10.1. The first-order valence-corrected chi connectivity index (χ1v) is 8.27. The highest BCUT2D eigenvalue weighted by Crippen LogP contribution is 2.25. The Kier molecular flexibility index (Phi) is 4.59. The maximum absolute atomic E-state index is 12.1. The third-order valence-electron chi connectivity index (χ3n) is 4.35. The Morgan fingerprint density at radius 1 is 1.38 bits per heavy atom. The number of rotatable bonds is 5. The molecule has 1 aromatic carbocycles. The number of benzene rings is 1. The van der Waals surface area contributed by atoms with Crippen LogP contribution in [0.4, 0.5) is 5.69 Å². The van der Waals surface area contributed by atoms with Gasteiger partial charge in [0, 0.05) is 29.6 Å². The van der Waals surface area contributed by atoms with Crippen molar-refractivity contribution in [1.29, 1.82) is 5.26 Å². The molecule has 7 nitrogen and oxygen atoms in total.